The Morgan fingerprint density at radius 2 is 1.25 bits per heavy atom. The molecular formula is C46H71NO6. The van der Waals surface area contributed by atoms with Crippen LogP contribution in [0.2, 0.25) is 0 Å². The largest absolute Gasteiger partial charge is 0.510 e. The average molecular weight is 734 g/mol. The topological polar surface area (TPSA) is 74.3 Å². The second-order valence-electron chi connectivity index (χ2n) is 14.9. The molecule has 0 aromatic heterocycles. The van der Waals surface area contributed by atoms with E-state index in [1.165, 1.54) is 83.5 Å². The molecule has 2 aromatic rings. The maximum Gasteiger partial charge on any atom is 0.510 e. The minimum absolute atomic E-state index is 0.295. The van der Waals surface area contributed by atoms with Gasteiger partial charge in [-0.05, 0) is 63.7 Å². The van der Waals surface area contributed by atoms with Crippen molar-refractivity contribution in [2.45, 2.75) is 167 Å². The third-order valence-corrected chi connectivity index (χ3v) is 10.8. The molecule has 296 valence electrons. The van der Waals surface area contributed by atoms with Crippen LogP contribution in [-0.4, -0.2) is 55.7 Å². The molecule has 0 amide bonds. The van der Waals surface area contributed by atoms with Gasteiger partial charge >= 0.3 is 12.1 Å². The highest BCUT2D eigenvalue weighted by Crippen LogP contribution is 2.37. The minimum Gasteiger partial charge on any atom is -0.459 e. The Hall–Kier alpha value is -3.16. The fourth-order valence-corrected chi connectivity index (χ4v) is 7.50. The van der Waals surface area contributed by atoms with Crippen LogP contribution in [0.5, 0.6) is 0 Å². The number of likely N-dealkylation sites (tertiary alicyclic amines) is 1. The molecule has 7 heteroatoms. The van der Waals surface area contributed by atoms with Crippen molar-refractivity contribution in [3.8, 4) is 0 Å². The summed E-state index contributed by atoms with van der Waals surface area (Å²) >= 11 is 0. The lowest BCUT2D eigenvalue weighted by atomic mass is 9.85. The standard InChI is InChI=1S/C46H71NO6/c1-5-8-9-10-11-12-13-14-15-16-17-18-19-28-35-50-45(49)51-38-52-46(40-29-22-20-23-30-40,41-31-24-21-25-32-41)44(48)53-43(36-39(4)6-2)37-42(7-3)47-33-26-27-34-47/h6,20-25,29-32,42-43H,5,7-19,26-28,33-38H2,1-4H3/b39-6+. The molecule has 2 unspecified atom stereocenters. The number of unbranched alkanes of at least 4 members (excludes halogenated alkanes) is 13. The first-order valence-corrected chi connectivity index (χ1v) is 21.1. The zero-order chi connectivity index (χ0) is 38.0. The number of carbonyl (C=O) groups is 2. The van der Waals surface area contributed by atoms with Gasteiger partial charge in [0.25, 0.3) is 0 Å². The second-order valence-corrected chi connectivity index (χ2v) is 14.9. The van der Waals surface area contributed by atoms with Crippen LogP contribution in [0, 0.1) is 0 Å². The van der Waals surface area contributed by atoms with Gasteiger partial charge in [0.05, 0.1) is 6.61 Å². The van der Waals surface area contributed by atoms with Crippen molar-refractivity contribution in [1.82, 2.24) is 4.90 Å². The number of hydrogen-bond acceptors (Lipinski definition) is 7. The second kappa shape index (κ2) is 26.6. The van der Waals surface area contributed by atoms with Gasteiger partial charge in [0.15, 0.2) is 6.79 Å². The van der Waals surface area contributed by atoms with Crippen molar-refractivity contribution in [2.75, 3.05) is 26.5 Å². The zero-order valence-electron chi connectivity index (χ0n) is 33.7. The van der Waals surface area contributed by atoms with Gasteiger partial charge in [-0.25, -0.2) is 9.59 Å². The molecular weight excluding hydrogens is 663 g/mol. The van der Waals surface area contributed by atoms with Crippen LogP contribution in [0.4, 0.5) is 4.79 Å². The van der Waals surface area contributed by atoms with E-state index in [4.69, 9.17) is 18.9 Å². The van der Waals surface area contributed by atoms with E-state index in [9.17, 15) is 9.59 Å². The normalized spacial score (nSPS) is 14.9. The fraction of sp³-hybridized carbons (Fsp3) is 0.652. The van der Waals surface area contributed by atoms with Crippen LogP contribution >= 0.6 is 0 Å². The van der Waals surface area contributed by atoms with Crippen LogP contribution in [0.1, 0.15) is 161 Å². The predicted molar refractivity (Wildman–Crippen MR) is 216 cm³/mol. The number of ether oxygens (including phenoxy) is 4. The Bertz CT molecular complexity index is 1240. The molecule has 53 heavy (non-hydrogen) atoms. The molecule has 2 aromatic carbocycles. The third-order valence-electron chi connectivity index (χ3n) is 10.8. The molecule has 1 saturated heterocycles. The highest BCUT2D eigenvalue weighted by atomic mass is 16.8. The predicted octanol–water partition coefficient (Wildman–Crippen LogP) is 12.1. The van der Waals surface area contributed by atoms with Gasteiger partial charge in [-0.3, -0.25) is 0 Å². The average Bonchev–Trinajstić information content (AvgIpc) is 3.73. The summed E-state index contributed by atoms with van der Waals surface area (Å²) in [7, 11) is 0. The van der Waals surface area contributed by atoms with Crippen molar-refractivity contribution in [3.63, 3.8) is 0 Å². The number of nitrogens with zero attached hydrogens (tertiary/aromatic N) is 1. The molecule has 0 spiro atoms. The molecule has 0 N–H and O–H groups in total. The molecule has 0 saturated carbocycles. The highest BCUT2D eigenvalue weighted by Gasteiger charge is 2.47. The lowest BCUT2D eigenvalue weighted by Gasteiger charge is -2.35. The molecule has 1 fully saturated rings. The van der Waals surface area contributed by atoms with Crippen molar-refractivity contribution in [3.05, 3.63) is 83.4 Å². The monoisotopic (exact) mass is 734 g/mol. The summed E-state index contributed by atoms with van der Waals surface area (Å²) in [5.41, 5.74) is 0.705. The Labute approximate surface area is 322 Å². The Balaban J connectivity index is 1.56. The summed E-state index contributed by atoms with van der Waals surface area (Å²) in [4.78, 5) is 29.9. The van der Waals surface area contributed by atoms with E-state index in [1.54, 1.807) is 0 Å². The first-order chi connectivity index (χ1) is 25.9. The first kappa shape index (κ1) is 44.2. The summed E-state index contributed by atoms with van der Waals surface area (Å²) in [5, 5.41) is 0. The third kappa shape index (κ3) is 16.0. The molecule has 3 rings (SSSR count). The van der Waals surface area contributed by atoms with E-state index in [-0.39, 0.29) is 6.10 Å². The molecule has 2 atom stereocenters. The van der Waals surface area contributed by atoms with E-state index < -0.39 is 24.5 Å². The first-order valence-electron chi connectivity index (χ1n) is 21.1. The number of hydrogen-bond donors (Lipinski definition) is 0. The summed E-state index contributed by atoms with van der Waals surface area (Å²) in [6.07, 6.45) is 23.4. The van der Waals surface area contributed by atoms with E-state index in [0.717, 1.165) is 50.8 Å². The summed E-state index contributed by atoms with van der Waals surface area (Å²) in [6, 6.07) is 19.0. The summed E-state index contributed by atoms with van der Waals surface area (Å²) < 4.78 is 23.7. The van der Waals surface area contributed by atoms with Gasteiger partial charge in [-0.15, -0.1) is 0 Å². The van der Waals surface area contributed by atoms with Gasteiger partial charge in [-0.2, -0.15) is 0 Å². The Morgan fingerprint density at radius 3 is 1.74 bits per heavy atom. The summed E-state index contributed by atoms with van der Waals surface area (Å²) in [6.45, 7) is 10.6. The Morgan fingerprint density at radius 1 is 0.736 bits per heavy atom. The lowest BCUT2D eigenvalue weighted by molar-refractivity contribution is -0.186. The van der Waals surface area contributed by atoms with Crippen LogP contribution in [0.3, 0.4) is 0 Å². The lowest BCUT2D eigenvalue weighted by Crippen LogP contribution is -2.45. The molecule has 0 bridgehead atoms. The van der Waals surface area contributed by atoms with Gasteiger partial charge < -0.3 is 23.8 Å². The quantitative estimate of drug-likeness (QED) is 0.0373. The molecule has 0 aliphatic carbocycles. The van der Waals surface area contributed by atoms with Crippen molar-refractivity contribution in [1.29, 1.82) is 0 Å². The van der Waals surface area contributed by atoms with E-state index in [2.05, 4.69) is 31.7 Å². The van der Waals surface area contributed by atoms with Crippen LogP contribution < -0.4 is 0 Å². The van der Waals surface area contributed by atoms with E-state index >= 15 is 0 Å². The molecule has 7 nitrogen and oxygen atoms in total. The smallest absolute Gasteiger partial charge is 0.459 e. The molecule has 0 radical (unpaired) electrons. The maximum atomic E-state index is 14.7. The fourth-order valence-electron chi connectivity index (χ4n) is 7.50. The molecule has 1 heterocycles. The highest BCUT2D eigenvalue weighted by molar-refractivity contribution is 5.86. The van der Waals surface area contributed by atoms with Crippen molar-refractivity contribution in [2.24, 2.45) is 0 Å². The number of esters is 1. The number of rotatable bonds is 28. The van der Waals surface area contributed by atoms with Crippen LogP contribution in [0.15, 0.2) is 72.3 Å². The number of carbonyl (C=O) groups excluding carboxylic acids is 2. The van der Waals surface area contributed by atoms with Gasteiger partial charge in [-0.1, -0.05) is 170 Å². The van der Waals surface area contributed by atoms with Crippen LogP contribution in [-0.2, 0) is 29.3 Å². The summed E-state index contributed by atoms with van der Waals surface area (Å²) in [5.74, 6) is -0.528. The van der Waals surface area contributed by atoms with Gasteiger partial charge in [0.1, 0.15) is 6.10 Å². The SMILES string of the molecule is C/C=C(\C)CC(CC(CC)N1CCCC1)OC(=O)C(OCOC(=O)OCCCCCCCCCCCCCCCC)(c1ccccc1)c1ccccc1. The maximum absolute atomic E-state index is 14.7. The minimum atomic E-state index is -1.66. The van der Waals surface area contributed by atoms with E-state index in [1.807, 2.05) is 67.6 Å². The number of benzene rings is 2. The van der Waals surface area contributed by atoms with Crippen LogP contribution in [0.25, 0.3) is 0 Å². The zero-order valence-corrected chi connectivity index (χ0v) is 33.7. The molecule has 1 aliphatic rings. The van der Waals surface area contributed by atoms with Gasteiger partial charge in [0, 0.05) is 18.9 Å². The van der Waals surface area contributed by atoms with E-state index in [0.29, 0.717) is 30.2 Å². The van der Waals surface area contributed by atoms with Crippen molar-refractivity contribution < 1.29 is 28.5 Å². The molecule has 1 aliphatic heterocycles. The van der Waals surface area contributed by atoms with Gasteiger partial charge in [0.2, 0.25) is 5.60 Å². The van der Waals surface area contributed by atoms with Crippen molar-refractivity contribution >= 4 is 12.1 Å². The Kier molecular flexibility index (Phi) is 22.2. The number of allylic oxidation sites excluding steroid dienone is 1.